The molecule has 1 aromatic heterocycles. The summed E-state index contributed by atoms with van der Waals surface area (Å²) in [5.74, 6) is -1.82. The summed E-state index contributed by atoms with van der Waals surface area (Å²) in [6.45, 7) is 3.17. The average Bonchev–Trinajstić information content (AvgIpc) is 2.37. The van der Waals surface area contributed by atoms with Crippen LogP contribution in [0.4, 0.5) is 0 Å². The lowest BCUT2D eigenvalue weighted by Crippen LogP contribution is -2.40. The number of hydrogen-bond donors (Lipinski definition) is 2. The number of hydrogen-bond acceptors (Lipinski definition) is 4. The SMILES string of the molecule is COc1ncccc1C(=O)NC(C)C(C)C(=O)O. The third-order valence-electron chi connectivity index (χ3n) is 2.71. The average molecular weight is 252 g/mol. The van der Waals surface area contributed by atoms with Crippen LogP contribution in [0.5, 0.6) is 5.88 Å². The molecule has 0 bridgehead atoms. The minimum atomic E-state index is -0.957. The van der Waals surface area contributed by atoms with Gasteiger partial charge in [-0.15, -0.1) is 0 Å². The van der Waals surface area contributed by atoms with Crippen molar-refractivity contribution in [2.24, 2.45) is 5.92 Å². The molecule has 0 fully saturated rings. The zero-order chi connectivity index (χ0) is 13.7. The van der Waals surface area contributed by atoms with Crippen molar-refractivity contribution in [3.8, 4) is 5.88 Å². The van der Waals surface area contributed by atoms with Gasteiger partial charge in [0, 0.05) is 12.2 Å². The Morgan fingerprint density at radius 3 is 2.67 bits per heavy atom. The fraction of sp³-hybridized carbons (Fsp3) is 0.417. The normalized spacial score (nSPS) is 13.5. The minimum Gasteiger partial charge on any atom is -0.481 e. The van der Waals surface area contributed by atoms with Gasteiger partial charge in [0.2, 0.25) is 5.88 Å². The van der Waals surface area contributed by atoms with E-state index in [9.17, 15) is 9.59 Å². The van der Waals surface area contributed by atoms with Crippen LogP contribution in [-0.2, 0) is 4.79 Å². The van der Waals surface area contributed by atoms with Crippen molar-refractivity contribution >= 4 is 11.9 Å². The maximum atomic E-state index is 11.9. The fourth-order valence-corrected chi connectivity index (χ4v) is 1.35. The predicted molar refractivity (Wildman–Crippen MR) is 64.5 cm³/mol. The largest absolute Gasteiger partial charge is 0.481 e. The summed E-state index contributed by atoms with van der Waals surface area (Å²) < 4.78 is 4.97. The van der Waals surface area contributed by atoms with Crippen molar-refractivity contribution < 1.29 is 19.4 Å². The first-order valence-electron chi connectivity index (χ1n) is 5.50. The van der Waals surface area contributed by atoms with Crippen LogP contribution in [0.1, 0.15) is 24.2 Å². The second kappa shape index (κ2) is 6.00. The van der Waals surface area contributed by atoms with Gasteiger partial charge in [-0.05, 0) is 26.0 Å². The number of carbonyl (C=O) groups is 2. The first-order valence-corrected chi connectivity index (χ1v) is 5.50. The Morgan fingerprint density at radius 2 is 2.11 bits per heavy atom. The van der Waals surface area contributed by atoms with Crippen LogP contribution >= 0.6 is 0 Å². The lowest BCUT2D eigenvalue weighted by molar-refractivity contribution is -0.141. The van der Waals surface area contributed by atoms with E-state index in [4.69, 9.17) is 9.84 Å². The first-order chi connectivity index (χ1) is 8.47. The molecular weight excluding hydrogens is 236 g/mol. The second-order valence-electron chi connectivity index (χ2n) is 3.95. The maximum Gasteiger partial charge on any atom is 0.308 e. The Hall–Kier alpha value is -2.11. The second-order valence-corrected chi connectivity index (χ2v) is 3.95. The molecule has 18 heavy (non-hydrogen) atoms. The van der Waals surface area contributed by atoms with Gasteiger partial charge in [0.15, 0.2) is 0 Å². The minimum absolute atomic E-state index is 0.213. The summed E-state index contributed by atoms with van der Waals surface area (Å²) >= 11 is 0. The van der Waals surface area contributed by atoms with Gasteiger partial charge >= 0.3 is 5.97 Å². The summed E-state index contributed by atoms with van der Waals surface area (Å²) in [4.78, 5) is 26.6. The number of nitrogens with zero attached hydrogens (tertiary/aromatic N) is 1. The number of methoxy groups -OCH3 is 1. The van der Waals surface area contributed by atoms with Gasteiger partial charge in [-0.1, -0.05) is 0 Å². The summed E-state index contributed by atoms with van der Waals surface area (Å²) in [6, 6.07) is 2.70. The Balaban J connectivity index is 2.79. The number of aromatic nitrogens is 1. The van der Waals surface area contributed by atoms with Crippen LogP contribution in [0.15, 0.2) is 18.3 Å². The molecule has 0 aliphatic rings. The molecule has 6 nitrogen and oxygen atoms in total. The van der Waals surface area contributed by atoms with Crippen molar-refractivity contribution in [3.05, 3.63) is 23.9 Å². The van der Waals surface area contributed by atoms with Gasteiger partial charge in [-0.3, -0.25) is 9.59 Å². The highest BCUT2D eigenvalue weighted by atomic mass is 16.5. The smallest absolute Gasteiger partial charge is 0.308 e. The van der Waals surface area contributed by atoms with E-state index >= 15 is 0 Å². The van der Waals surface area contributed by atoms with Gasteiger partial charge in [-0.2, -0.15) is 0 Å². The monoisotopic (exact) mass is 252 g/mol. The number of carbonyl (C=O) groups excluding carboxylic acids is 1. The molecule has 1 amide bonds. The number of nitrogens with one attached hydrogen (secondary N) is 1. The van der Waals surface area contributed by atoms with Crippen molar-refractivity contribution in [2.45, 2.75) is 19.9 Å². The highest BCUT2D eigenvalue weighted by Gasteiger charge is 2.22. The zero-order valence-electron chi connectivity index (χ0n) is 10.5. The quantitative estimate of drug-likeness (QED) is 0.813. The van der Waals surface area contributed by atoms with E-state index in [-0.39, 0.29) is 11.4 Å². The fourth-order valence-electron chi connectivity index (χ4n) is 1.35. The van der Waals surface area contributed by atoms with Crippen LogP contribution in [0.3, 0.4) is 0 Å². The van der Waals surface area contributed by atoms with Crippen LogP contribution in [0.25, 0.3) is 0 Å². The molecular formula is C12H16N2O4. The number of carboxylic acids is 1. The Morgan fingerprint density at radius 1 is 1.44 bits per heavy atom. The van der Waals surface area contributed by atoms with Crippen molar-refractivity contribution in [1.29, 1.82) is 0 Å². The number of carboxylic acid groups (broad SMARTS) is 1. The standard InChI is InChI=1S/C12H16N2O4/c1-7(12(16)17)8(2)14-10(15)9-5-4-6-13-11(9)18-3/h4-8H,1-3H3,(H,14,15)(H,16,17). The molecule has 0 radical (unpaired) electrons. The topological polar surface area (TPSA) is 88.5 Å². The van der Waals surface area contributed by atoms with E-state index in [1.54, 1.807) is 19.1 Å². The molecule has 2 N–H and O–H groups in total. The number of rotatable bonds is 5. The van der Waals surface area contributed by atoms with Crippen LogP contribution in [-0.4, -0.2) is 35.1 Å². The van der Waals surface area contributed by atoms with E-state index in [2.05, 4.69) is 10.3 Å². The molecule has 1 aromatic rings. The first kappa shape index (κ1) is 14.0. The van der Waals surface area contributed by atoms with E-state index in [0.717, 1.165) is 0 Å². The third-order valence-corrected chi connectivity index (χ3v) is 2.71. The summed E-state index contributed by atoms with van der Waals surface area (Å²) in [6.07, 6.45) is 1.51. The highest BCUT2D eigenvalue weighted by molar-refractivity contribution is 5.96. The Bertz CT molecular complexity index is 447. The Kier molecular flexibility index (Phi) is 4.65. The van der Waals surface area contributed by atoms with Gasteiger partial charge in [0.25, 0.3) is 5.91 Å². The molecule has 6 heteroatoms. The van der Waals surface area contributed by atoms with Gasteiger partial charge in [0.1, 0.15) is 5.56 Å². The molecule has 0 aliphatic carbocycles. The Labute approximate surface area is 105 Å². The zero-order valence-corrected chi connectivity index (χ0v) is 10.5. The number of ether oxygens (including phenoxy) is 1. The predicted octanol–water partition coefficient (Wildman–Crippen LogP) is 0.929. The van der Waals surface area contributed by atoms with E-state index in [0.29, 0.717) is 0 Å². The van der Waals surface area contributed by atoms with E-state index in [1.165, 1.54) is 20.2 Å². The number of pyridine rings is 1. The molecule has 1 rings (SSSR count). The van der Waals surface area contributed by atoms with Crippen LogP contribution < -0.4 is 10.1 Å². The molecule has 0 spiro atoms. The summed E-state index contributed by atoms with van der Waals surface area (Å²) in [5.41, 5.74) is 0.282. The third kappa shape index (κ3) is 3.19. The lowest BCUT2D eigenvalue weighted by Gasteiger charge is -2.18. The molecule has 98 valence electrons. The van der Waals surface area contributed by atoms with Crippen LogP contribution in [0, 0.1) is 5.92 Å². The molecule has 2 atom stereocenters. The highest BCUT2D eigenvalue weighted by Crippen LogP contribution is 2.14. The molecule has 0 saturated carbocycles. The summed E-state index contributed by atoms with van der Waals surface area (Å²) in [7, 11) is 1.42. The summed E-state index contributed by atoms with van der Waals surface area (Å²) in [5, 5.41) is 11.5. The van der Waals surface area contributed by atoms with Crippen LogP contribution in [0.2, 0.25) is 0 Å². The maximum absolute atomic E-state index is 11.9. The molecule has 0 aromatic carbocycles. The van der Waals surface area contributed by atoms with E-state index in [1.807, 2.05) is 0 Å². The molecule has 2 unspecified atom stereocenters. The van der Waals surface area contributed by atoms with Crippen molar-refractivity contribution in [2.75, 3.05) is 7.11 Å². The van der Waals surface area contributed by atoms with E-state index < -0.39 is 23.8 Å². The molecule has 0 aliphatic heterocycles. The van der Waals surface area contributed by atoms with Gasteiger partial charge < -0.3 is 15.2 Å². The van der Waals surface area contributed by atoms with Crippen molar-refractivity contribution in [1.82, 2.24) is 10.3 Å². The molecule has 0 saturated heterocycles. The van der Waals surface area contributed by atoms with Crippen molar-refractivity contribution in [3.63, 3.8) is 0 Å². The van der Waals surface area contributed by atoms with Gasteiger partial charge in [0.05, 0.1) is 13.0 Å². The molecule has 1 heterocycles. The van der Waals surface area contributed by atoms with Gasteiger partial charge in [-0.25, -0.2) is 4.98 Å². The lowest BCUT2D eigenvalue weighted by atomic mass is 10.0. The number of aliphatic carboxylic acids is 1. The number of amides is 1.